The number of fused-ring (bicyclic) bond motifs is 5. The van der Waals surface area contributed by atoms with Crippen LogP contribution in [0.5, 0.6) is 0 Å². The molecule has 4 nitrogen and oxygen atoms in total. The topological polar surface area (TPSA) is 52.6 Å². The molecule has 0 saturated heterocycles. The standard InChI is InChI=1S/C30H40O4/c1-19(31)33-24-12-14-29(3)23(18-24)10-11-25-26(29)13-15-30(4)27(25)17-22(28(30)34-20(2)32)16-21-8-6-5-7-9-21/h5-9,16,23-28H,10-15,17-18H2,1-4H3/b22-16+/t23-,24+,25+,26+,27+,28+,29-,30-/m0/s1. The zero-order valence-corrected chi connectivity index (χ0v) is 21.2. The Balaban J connectivity index is 1.42. The lowest BCUT2D eigenvalue weighted by Crippen LogP contribution is -2.54. The van der Waals surface area contributed by atoms with Crippen LogP contribution in [0.3, 0.4) is 0 Å². The van der Waals surface area contributed by atoms with Crippen molar-refractivity contribution >= 4 is 18.0 Å². The molecule has 0 radical (unpaired) electrons. The molecular formula is C30H40O4. The Morgan fingerprint density at radius 2 is 1.59 bits per heavy atom. The van der Waals surface area contributed by atoms with Crippen LogP contribution in [0.4, 0.5) is 0 Å². The van der Waals surface area contributed by atoms with Gasteiger partial charge in [0.15, 0.2) is 0 Å². The minimum atomic E-state index is -0.174. The van der Waals surface area contributed by atoms with Crippen molar-refractivity contribution in [1.29, 1.82) is 0 Å². The molecule has 184 valence electrons. The fraction of sp³-hybridized carbons (Fsp3) is 0.667. The molecule has 4 aliphatic carbocycles. The van der Waals surface area contributed by atoms with Gasteiger partial charge in [-0.1, -0.05) is 50.3 Å². The molecule has 0 amide bonds. The molecule has 4 saturated carbocycles. The third-order valence-corrected chi connectivity index (χ3v) is 10.2. The van der Waals surface area contributed by atoms with E-state index in [9.17, 15) is 9.59 Å². The Morgan fingerprint density at radius 1 is 0.882 bits per heavy atom. The minimum absolute atomic E-state index is 0.00555. The molecule has 1 aromatic rings. The molecule has 0 aromatic heterocycles. The maximum Gasteiger partial charge on any atom is 0.303 e. The molecule has 0 unspecified atom stereocenters. The van der Waals surface area contributed by atoms with Crippen LogP contribution in [0.2, 0.25) is 0 Å². The molecule has 0 N–H and O–H groups in total. The van der Waals surface area contributed by atoms with E-state index in [2.05, 4.69) is 44.2 Å². The zero-order valence-electron chi connectivity index (χ0n) is 21.2. The first kappa shape index (κ1) is 23.6. The third kappa shape index (κ3) is 4.01. The van der Waals surface area contributed by atoms with Gasteiger partial charge in [0, 0.05) is 19.3 Å². The second kappa shape index (κ2) is 8.84. The Hall–Kier alpha value is -2.10. The summed E-state index contributed by atoms with van der Waals surface area (Å²) in [4.78, 5) is 23.7. The highest BCUT2D eigenvalue weighted by Crippen LogP contribution is 2.67. The second-order valence-electron chi connectivity index (χ2n) is 12.0. The first-order valence-electron chi connectivity index (χ1n) is 13.3. The van der Waals surface area contributed by atoms with E-state index in [1.54, 1.807) is 6.92 Å². The quantitative estimate of drug-likeness (QED) is 0.474. The van der Waals surface area contributed by atoms with Crippen LogP contribution in [0.1, 0.15) is 84.6 Å². The highest BCUT2D eigenvalue weighted by molar-refractivity contribution is 5.67. The van der Waals surface area contributed by atoms with Crippen LogP contribution in [0.15, 0.2) is 35.9 Å². The Morgan fingerprint density at radius 3 is 2.29 bits per heavy atom. The van der Waals surface area contributed by atoms with Crippen LogP contribution >= 0.6 is 0 Å². The summed E-state index contributed by atoms with van der Waals surface area (Å²) < 4.78 is 11.7. The normalized spacial score (nSPS) is 42.3. The van der Waals surface area contributed by atoms with Gasteiger partial charge >= 0.3 is 11.9 Å². The fourth-order valence-corrected chi connectivity index (χ4v) is 8.68. The van der Waals surface area contributed by atoms with Crippen LogP contribution in [0.25, 0.3) is 6.08 Å². The molecule has 4 aliphatic rings. The van der Waals surface area contributed by atoms with Crippen LogP contribution in [0, 0.1) is 34.5 Å². The van der Waals surface area contributed by atoms with Crippen molar-refractivity contribution in [3.05, 3.63) is 41.5 Å². The van der Waals surface area contributed by atoms with E-state index in [1.165, 1.54) is 37.3 Å². The van der Waals surface area contributed by atoms with Crippen molar-refractivity contribution in [2.75, 3.05) is 0 Å². The largest absolute Gasteiger partial charge is 0.463 e. The Kier molecular flexibility index (Phi) is 6.14. The molecule has 1 aromatic carbocycles. The van der Waals surface area contributed by atoms with Crippen molar-refractivity contribution in [2.24, 2.45) is 34.5 Å². The van der Waals surface area contributed by atoms with Gasteiger partial charge in [0.25, 0.3) is 0 Å². The lowest BCUT2D eigenvalue weighted by molar-refractivity contribution is -0.166. The molecule has 4 heteroatoms. The maximum absolute atomic E-state index is 12.2. The second-order valence-corrected chi connectivity index (χ2v) is 12.0. The predicted molar refractivity (Wildman–Crippen MR) is 133 cm³/mol. The van der Waals surface area contributed by atoms with E-state index in [4.69, 9.17) is 9.47 Å². The first-order chi connectivity index (χ1) is 16.2. The van der Waals surface area contributed by atoms with Crippen molar-refractivity contribution in [1.82, 2.24) is 0 Å². The van der Waals surface area contributed by atoms with E-state index in [0.29, 0.717) is 29.1 Å². The number of carbonyl (C=O) groups excluding carboxylic acids is 2. The average Bonchev–Trinajstić information content (AvgIpc) is 3.05. The lowest BCUT2D eigenvalue weighted by Gasteiger charge is -2.60. The number of ether oxygens (including phenoxy) is 2. The predicted octanol–water partition coefficient (Wildman–Crippen LogP) is 6.59. The van der Waals surface area contributed by atoms with Gasteiger partial charge in [0.2, 0.25) is 0 Å². The molecule has 5 rings (SSSR count). The molecule has 0 heterocycles. The van der Waals surface area contributed by atoms with Gasteiger partial charge in [-0.25, -0.2) is 0 Å². The van der Waals surface area contributed by atoms with Gasteiger partial charge in [-0.2, -0.15) is 0 Å². The van der Waals surface area contributed by atoms with E-state index >= 15 is 0 Å². The van der Waals surface area contributed by atoms with Crippen LogP contribution in [-0.4, -0.2) is 24.1 Å². The monoisotopic (exact) mass is 464 g/mol. The van der Waals surface area contributed by atoms with Crippen molar-refractivity contribution in [3.8, 4) is 0 Å². The van der Waals surface area contributed by atoms with E-state index in [1.807, 2.05) is 6.07 Å². The van der Waals surface area contributed by atoms with Gasteiger partial charge in [-0.05, 0) is 91.6 Å². The van der Waals surface area contributed by atoms with E-state index in [0.717, 1.165) is 32.1 Å². The van der Waals surface area contributed by atoms with Gasteiger partial charge in [0.05, 0.1) is 0 Å². The van der Waals surface area contributed by atoms with Gasteiger partial charge in [0.1, 0.15) is 12.2 Å². The number of carbonyl (C=O) groups is 2. The average molecular weight is 465 g/mol. The van der Waals surface area contributed by atoms with E-state index in [-0.39, 0.29) is 29.6 Å². The first-order valence-corrected chi connectivity index (χ1v) is 13.3. The summed E-state index contributed by atoms with van der Waals surface area (Å²) >= 11 is 0. The lowest BCUT2D eigenvalue weighted by atomic mass is 9.45. The molecule has 0 bridgehead atoms. The maximum atomic E-state index is 12.2. The van der Waals surface area contributed by atoms with Crippen molar-refractivity contribution < 1.29 is 19.1 Å². The summed E-state index contributed by atoms with van der Waals surface area (Å²) in [5.41, 5.74) is 2.81. The van der Waals surface area contributed by atoms with Crippen molar-refractivity contribution in [2.45, 2.75) is 91.3 Å². The Labute approximate surface area is 204 Å². The van der Waals surface area contributed by atoms with E-state index < -0.39 is 0 Å². The number of rotatable bonds is 3. The summed E-state index contributed by atoms with van der Waals surface area (Å²) in [5, 5.41) is 0. The van der Waals surface area contributed by atoms with Gasteiger partial charge < -0.3 is 9.47 Å². The third-order valence-electron chi connectivity index (χ3n) is 10.2. The zero-order chi connectivity index (χ0) is 24.1. The minimum Gasteiger partial charge on any atom is -0.463 e. The summed E-state index contributed by atoms with van der Waals surface area (Å²) in [6.45, 7) is 8.00. The molecule has 34 heavy (non-hydrogen) atoms. The molecule has 4 fully saturated rings. The highest BCUT2D eigenvalue weighted by atomic mass is 16.5. The summed E-state index contributed by atoms with van der Waals surface area (Å²) in [7, 11) is 0. The molecule has 0 aliphatic heterocycles. The van der Waals surface area contributed by atoms with Crippen LogP contribution < -0.4 is 0 Å². The summed E-state index contributed by atoms with van der Waals surface area (Å²) in [5.74, 6) is 2.25. The van der Waals surface area contributed by atoms with Crippen molar-refractivity contribution in [3.63, 3.8) is 0 Å². The highest BCUT2D eigenvalue weighted by Gasteiger charge is 2.62. The number of hydrogen-bond donors (Lipinski definition) is 0. The number of benzene rings is 1. The Bertz CT molecular complexity index is 967. The van der Waals surface area contributed by atoms with Gasteiger partial charge in [-0.3, -0.25) is 9.59 Å². The smallest absolute Gasteiger partial charge is 0.303 e. The SMILES string of the molecule is CC(=O)O[C@@H]1CC[C@@]2(C)[C@@H](CC[C@@H]3[C@H]2CC[C@]2(C)[C@H](OC(C)=O)/C(=C/c4ccccc4)C[C@H]32)C1. The number of hydrogen-bond acceptors (Lipinski definition) is 4. The summed E-state index contributed by atoms with van der Waals surface area (Å²) in [6, 6.07) is 10.5. The molecule has 8 atom stereocenters. The molecule has 0 spiro atoms. The summed E-state index contributed by atoms with van der Waals surface area (Å²) in [6.07, 6.45) is 11.2. The molecular weight excluding hydrogens is 424 g/mol. The van der Waals surface area contributed by atoms with Gasteiger partial charge in [-0.15, -0.1) is 0 Å². The fourth-order valence-electron chi connectivity index (χ4n) is 8.68. The van der Waals surface area contributed by atoms with Crippen LogP contribution in [-0.2, 0) is 19.1 Å². The number of esters is 2.